The van der Waals surface area contributed by atoms with Gasteiger partial charge in [0.15, 0.2) is 16.8 Å². The van der Waals surface area contributed by atoms with Gasteiger partial charge < -0.3 is 9.47 Å². The molecule has 0 aliphatic heterocycles. The fourth-order valence-corrected chi connectivity index (χ4v) is 4.17. The summed E-state index contributed by atoms with van der Waals surface area (Å²) in [6.07, 6.45) is -1.41. The molecule has 7 nitrogen and oxygen atoms in total. The fraction of sp³-hybridized carbons (Fsp3) is 0.167. The van der Waals surface area contributed by atoms with E-state index in [0.29, 0.717) is 28.5 Å². The number of benzene rings is 2. The first-order valence-electron chi connectivity index (χ1n) is 10.2. The molecule has 2 aromatic heterocycles. The fourth-order valence-electron chi connectivity index (χ4n) is 3.34. The molecule has 0 aliphatic rings. The lowest BCUT2D eigenvalue weighted by Crippen LogP contribution is -2.09. The van der Waals surface area contributed by atoms with Crippen LogP contribution in [0.2, 0.25) is 0 Å². The summed E-state index contributed by atoms with van der Waals surface area (Å²) in [6.45, 7) is 0. The van der Waals surface area contributed by atoms with Crippen LogP contribution in [0.1, 0.15) is 15.9 Å². The number of rotatable bonds is 8. The Kier molecular flexibility index (Phi) is 7.06. The highest BCUT2D eigenvalue weighted by molar-refractivity contribution is 7.99. The normalized spacial score (nSPS) is 11.3. The van der Waals surface area contributed by atoms with Crippen molar-refractivity contribution < 1.29 is 27.4 Å². The number of hydrogen-bond acceptors (Lipinski definition) is 7. The van der Waals surface area contributed by atoms with Crippen LogP contribution in [0.3, 0.4) is 0 Å². The van der Waals surface area contributed by atoms with Crippen molar-refractivity contribution in [3.8, 4) is 28.6 Å². The van der Waals surface area contributed by atoms with Crippen molar-refractivity contribution in [2.75, 3.05) is 20.0 Å². The maximum absolute atomic E-state index is 13.4. The van der Waals surface area contributed by atoms with Crippen molar-refractivity contribution in [1.82, 2.24) is 19.7 Å². The molecule has 35 heavy (non-hydrogen) atoms. The van der Waals surface area contributed by atoms with Crippen LogP contribution < -0.4 is 9.47 Å². The van der Waals surface area contributed by atoms with Gasteiger partial charge in [-0.05, 0) is 48.5 Å². The van der Waals surface area contributed by atoms with E-state index >= 15 is 0 Å². The van der Waals surface area contributed by atoms with E-state index in [-0.39, 0.29) is 22.4 Å². The number of alkyl halides is 3. The highest BCUT2D eigenvalue weighted by atomic mass is 32.2. The maximum Gasteiger partial charge on any atom is 0.416 e. The number of carbonyl (C=O) groups excluding carboxylic acids is 1. The lowest BCUT2D eigenvalue weighted by molar-refractivity contribution is -0.137. The molecule has 0 spiro atoms. The minimum absolute atomic E-state index is 0.0618. The summed E-state index contributed by atoms with van der Waals surface area (Å²) in [5.74, 6) is 0.837. The highest BCUT2D eigenvalue weighted by Gasteiger charge is 2.31. The number of ether oxygens (including phenoxy) is 2. The zero-order chi connectivity index (χ0) is 25.0. The minimum Gasteiger partial charge on any atom is -0.497 e. The maximum atomic E-state index is 13.4. The Morgan fingerprint density at radius 3 is 2.54 bits per heavy atom. The standard InChI is InChI=1S/C24H19F3N4O3S/c1-33-18-8-9-21(34-2)19(12-18)20(32)14-35-23-30-29-22(15-5-4-10-28-13-15)31(23)17-7-3-6-16(11-17)24(25,26)27/h3-13H,14H2,1-2H3. The molecule has 11 heteroatoms. The Bertz CT molecular complexity index is 1340. The summed E-state index contributed by atoms with van der Waals surface area (Å²) in [7, 11) is 2.94. The van der Waals surface area contributed by atoms with Crippen LogP contribution >= 0.6 is 11.8 Å². The van der Waals surface area contributed by atoms with Gasteiger partial charge in [0.1, 0.15) is 11.5 Å². The number of methoxy groups -OCH3 is 2. The second-order valence-electron chi connectivity index (χ2n) is 7.21. The summed E-state index contributed by atoms with van der Waals surface area (Å²) in [5.41, 5.74) is 0.272. The van der Waals surface area contributed by atoms with Gasteiger partial charge in [-0.1, -0.05) is 17.8 Å². The lowest BCUT2D eigenvalue weighted by Gasteiger charge is -2.13. The minimum atomic E-state index is -4.52. The number of halogens is 3. The Labute approximate surface area is 202 Å². The topological polar surface area (TPSA) is 79.1 Å². The molecular weight excluding hydrogens is 481 g/mol. The quantitative estimate of drug-likeness (QED) is 0.239. The van der Waals surface area contributed by atoms with E-state index in [4.69, 9.17) is 9.47 Å². The first kappa shape index (κ1) is 24.3. The molecule has 0 aliphatic carbocycles. The van der Waals surface area contributed by atoms with Crippen molar-refractivity contribution in [1.29, 1.82) is 0 Å². The molecule has 0 bridgehead atoms. The SMILES string of the molecule is COc1ccc(OC)c(C(=O)CSc2nnc(-c3cccnc3)n2-c2cccc(C(F)(F)F)c2)c1. The summed E-state index contributed by atoms with van der Waals surface area (Å²) in [4.78, 5) is 17.1. The van der Waals surface area contributed by atoms with Crippen molar-refractivity contribution >= 4 is 17.5 Å². The third kappa shape index (κ3) is 5.29. The van der Waals surface area contributed by atoms with Crippen molar-refractivity contribution in [2.45, 2.75) is 11.3 Å². The molecule has 4 rings (SSSR count). The van der Waals surface area contributed by atoms with E-state index in [1.807, 2.05) is 0 Å². The molecule has 180 valence electrons. The van der Waals surface area contributed by atoms with Crippen LogP contribution in [0.25, 0.3) is 17.1 Å². The van der Waals surface area contributed by atoms with Gasteiger partial charge in [0.25, 0.3) is 0 Å². The van der Waals surface area contributed by atoms with Crippen molar-refractivity contribution in [3.05, 3.63) is 78.1 Å². The van der Waals surface area contributed by atoms with Gasteiger partial charge in [0.05, 0.1) is 36.8 Å². The van der Waals surface area contributed by atoms with Gasteiger partial charge in [-0.25, -0.2) is 0 Å². The lowest BCUT2D eigenvalue weighted by atomic mass is 10.1. The summed E-state index contributed by atoms with van der Waals surface area (Å²) in [6, 6.07) is 13.1. The smallest absolute Gasteiger partial charge is 0.416 e. The molecule has 0 saturated carbocycles. The predicted molar refractivity (Wildman–Crippen MR) is 124 cm³/mol. The Hall–Kier alpha value is -3.86. The second-order valence-corrected chi connectivity index (χ2v) is 8.15. The van der Waals surface area contributed by atoms with Crippen LogP contribution in [0.5, 0.6) is 11.5 Å². The molecule has 0 radical (unpaired) electrons. The average molecular weight is 501 g/mol. The third-order valence-electron chi connectivity index (χ3n) is 5.02. The van der Waals surface area contributed by atoms with Crippen molar-refractivity contribution in [2.24, 2.45) is 0 Å². The molecule has 0 fully saturated rings. The van der Waals surface area contributed by atoms with Gasteiger partial charge in [0, 0.05) is 18.0 Å². The largest absolute Gasteiger partial charge is 0.497 e. The zero-order valence-electron chi connectivity index (χ0n) is 18.6. The van der Waals surface area contributed by atoms with E-state index in [0.717, 1.165) is 23.9 Å². The average Bonchev–Trinajstić information content (AvgIpc) is 3.31. The molecule has 0 N–H and O–H groups in total. The molecule has 4 aromatic rings. The van der Waals surface area contributed by atoms with E-state index in [1.165, 1.54) is 37.1 Å². The number of hydrogen-bond donors (Lipinski definition) is 0. The van der Waals surface area contributed by atoms with E-state index in [9.17, 15) is 18.0 Å². The first-order valence-corrected chi connectivity index (χ1v) is 11.2. The molecule has 0 unspecified atom stereocenters. The Morgan fingerprint density at radius 2 is 1.86 bits per heavy atom. The summed E-state index contributed by atoms with van der Waals surface area (Å²) in [5, 5.41) is 8.59. The molecule has 0 amide bonds. The predicted octanol–water partition coefficient (Wildman–Crippen LogP) is 5.34. The summed E-state index contributed by atoms with van der Waals surface area (Å²) < 4.78 is 52.1. The van der Waals surface area contributed by atoms with Gasteiger partial charge >= 0.3 is 6.18 Å². The number of nitrogens with zero attached hydrogens (tertiary/aromatic N) is 4. The number of carbonyl (C=O) groups is 1. The second kappa shape index (κ2) is 10.2. The number of Topliss-reactive ketones (excluding diaryl/α,β-unsaturated/α-hetero) is 1. The highest BCUT2D eigenvalue weighted by Crippen LogP contribution is 2.34. The van der Waals surface area contributed by atoms with Gasteiger partial charge in [-0.15, -0.1) is 10.2 Å². The van der Waals surface area contributed by atoms with Crippen LogP contribution in [0, 0.1) is 0 Å². The molecular formula is C24H19F3N4O3S. The van der Waals surface area contributed by atoms with Gasteiger partial charge in [-0.3, -0.25) is 14.3 Å². The third-order valence-corrected chi connectivity index (χ3v) is 5.95. The Morgan fingerprint density at radius 1 is 1.03 bits per heavy atom. The number of pyridine rings is 1. The van der Waals surface area contributed by atoms with Crippen LogP contribution in [-0.2, 0) is 6.18 Å². The molecule has 0 saturated heterocycles. The van der Waals surface area contributed by atoms with Gasteiger partial charge in [0.2, 0.25) is 0 Å². The molecule has 2 aromatic carbocycles. The number of ketones is 1. The number of aromatic nitrogens is 4. The van der Waals surface area contributed by atoms with Gasteiger partial charge in [-0.2, -0.15) is 13.2 Å². The monoisotopic (exact) mass is 500 g/mol. The Balaban J connectivity index is 1.72. The van der Waals surface area contributed by atoms with E-state index in [2.05, 4.69) is 15.2 Å². The van der Waals surface area contributed by atoms with Crippen LogP contribution in [0.4, 0.5) is 13.2 Å². The number of thioether (sulfide) groups is 1. The van der Waals surface area contributed by atoms with Crippen molar-refractivity contribution in [3.63, 3.8) is 0 Å². The first-order chi connectivity index (χ1) is 16.8. The van der Waals surface area contributed by atoms with E-state index in [1.54, 1.807) is 36.5 Å². The van der Waals surface area contributed by atoms with Crippen LogP contribution in [-0.4, -0.2) is 45.5 Å². The molecule has 2 heterocycles. The zero-order valence-corrected chi connectivity index (χ0v) is 19.4. The van der Waals surface area contributed by atoms with Crippen LogP contribution in [0.15, 0.2) is 72.1 Å². The van der Waals surface area contributed by atoms with E-state index < -0.39 is 11.7 Å². The molecule has 0 atom stereocenters. The summed E-state index contributed by atoms with van der Waals surface area (Å²) >= 11 is 1.05.